The van der Waals surface area contributed by atoms with Crippen LogP contribution in [0.2, 0.25) is 0 Å². The monoisotopic (exact) mass is 860 g/mol. The fraction of sp³-hybridized carbons (Fsp3) is 0. The van der Waals surface area contributed by atoms with E-state index >= 15 is 0 Å². The van der Waals surface area contributed by atoms with Gasteiger partial charge in [-0.05, 0) is 0 Å². The van der Waals surface area contributed by atoms with Crippen LogP contribution in [0.3, 0.4) is 0 Å². The topological polar surface area (TPSA) is 0 Å². The van der Waals surface area contributed by atoms with E-state index in [0.29, 0.717) is 13.3 Å². The third-order valence-corrected chi connectivity index (χ3v) is 23.2. The number of hydrogen-bond acceptors (Lipinski definition) is 0. The molecule has 0 aliphatic rings. The standard InChI is InChI=1S/3C6H5.I3.HI.Sb/c3*1-2-4-6-5-3-1;1-3-2;;/h3*1-5H;;1H;/q;;;-1;;+2/p-1. The molecule has 0 aromatic heterocycles. The average Bonchev–Trinajstić information content (AvgIpc) is 2.64. The summed E-state index contributed by atoms with van der Waals surface area (Å²) in [6.07, 6.45) is 0. The second-order valence-electron chi connectivity index (χ2n) is 4.65. The zero-order valence-electron chi connectivity index (χ0n) is 12.1. The maximum atomic E-state index is 2.77. The van der Waals surface area contributed by atoms with Crippen LogP contribution in [0.15, 0.2) is 91.0 Å². The summed E-state index contributed by atoms with van der Waals surface area (Å²) in [4.78, 5) is 0. The molecule has 5 heteroatoms. The Bertz CT molecular complexity index is 593. The molecule has 0 bridgehead atoms. The predicted octanol–water partition coefficient (Wildman–Crippen LogP) is 1.86. The summed E-state index contributed by atoms with van der Waals surface area (Å²) < 4.78 is 4.51. The van der Waals surface area contributed by atoms with Crippen molar-refractivity contribution in [1.82, 2.24) is 0 Å². The molecule has 3 aromatic carbocycles. The van der Waals surface area contributed by atoms with E-state index in [-0.39, 0.29) is 0 Å². The van der Waals surface area contributed by atoms with Crippen molar-refractivity contribution in [2.45, 2.75) is 0 Å². The Morgan fingerprint density at radius 2 is 0.739 bits per heavy atom. The van der Waals surface area contributed by atoms with Crippen LogP contribution in [0.4, 0.5) is 0 Å². The van der Waals surface area contributed by atoms with Crippen LogP contribution in [0.25, 0.3) is 0 Å². The fourth-order valence-corrected chi connectivity index (χ4v) is 16.4. The Hall–Kier alpha value is 1.40. The third kappa shape index (κ3) is 5.69. The van der Waals surface area contributed by atoms with Crippen LogP contribution >= 0.6 is 55.7 Å². The van der Waals surface area contributed by atoms with Gasteiger partial charge < -0.3 is 0 Å². The normalized spacial score (nSPS) is 10.7. The first-order chi connectivity index (χ1) is 11.2. The van der Waals surface area contributed by atoms with Crippen LogP contribution in [-0.2, 0) is 0 Å². The van der Waals surface area contributed by atoms with E-state index in [0.717, 1.165) is 0 Å². The molecule has 3 aromatic rings. The quantitative estimate of drug-likeness (QED) is 0.279. The molecule has 0 unspecified atom stereocenters. The molecule has 0 radical (unpaired) electrons. The number of benzene rings is 3. The molecule has 0 saturated heterocycles. The van der Waals surface area contributed by atoms with Gasteiger partial charge in [-0.3, -0.25) is 0 Å². The molecule has 23 heavy (non-hydrogen) atoms. The zero-order valence-corrected chi connectivity index (χ0v) is 23.3. The summed E-state index contributed by atoms with van der Waals surface area (Å²) >= 11 is 5.39. The molecule has 120 valence electrons. The van der Waals surface area contributed by atoms with Crippen LogP contribution < -0.4 is 23.8 Å². The molecule has 0 atom stereocenters. The van der Waals surface area contributed by atoms with Gasteiger partial charge in [-0.1, -0.05) is 0 Å². The van der Waals surface area contributed by atoms with E-state index in [4.69, 9.17) is 0 Å². The van der Waals surface area contributed by atoms with Gasteiger partial charge in [-0.2, -0.15) is 0 Å². The van der Waals surface area contributed by atoms with E-state index in [2.05, 4.69) is 147 Å². The molecule has 0 amide bonds. The van der Waals surface area contributed by atoms with E-state index in [9.17, 15) is 0 Å². The average molecular weight is 861 g/mol. The Morgan fingerprint density at radius 3 is 0.957 bits per heavy atom. The molecule has 0 heterocycles. The summed E-state index contributed by atoms with van der Waals surface area (Å²) in [5.74, 6) is 0. The molecule has 0 aliphatic heterocycles. The van der Waals surface area contributed by atoms with Crippen LogP contribution in [0.1, 0.15) is 0 Å². The van der Waals surface area contributed by atoms with Crippen molar-refractivity contribution in [2.24, 2.45) is 0 Å². The predicted molar refractivity (Wildman–Crippen MR) is 126 cm³/mol. The van der Waals surface area contributed by atoms with Gasteiger partial charge in [-0.15, -0.1) is 0 Å². The van der Waals surface area contributed by atoms with E-state index in [1.54, 1.807) is 0 Å². The molecule has 0 saturated carbocycles. The first-order valence-corrected chi connectivity index (χ1v) is 30.7. The second-order valence-corrected chi connectivity index (χ2v) is 38.4. The Balaban J connectivity index is 0.000000595. The van der Waals surface area contributed by atoms with Gasteiger partial charge in [0.05, 0.1) is 0 Å². The molecular weight excluding hydrogens is 846 g/mol. The first kappa shape index (κ1) is 20.7. The van der Waals surface area contributed by atoms with Gasteiger partial charge in [0.15, 0.2) is 0 Å². The summed E-state index contributed by atoms with van der Waals surface area (Å²) in [5.41, 5.74) is 0. The van der Waals surface area contributed by atoms with Crippen molar-refractivity contribution in [3.63, 3.8) is 0 Å². The van der Waals surface area contributed by atoms with Crippen LogP contribution in [0, 0.1) is 0 Å². The minimum atomic E-state index is -2.68. The van der Waals surface area contributed by atoms with Gasteiger partial charge in [0, 0.05) is 0 Å². The van der Waals surface area contributed by atoms with E-state index < -0.39 is 14.8 Å². The van der Waals surface area contributed by atoms with Crippen molar-refractivity contribution in [3.05, 3.63) is 91.0 Å². The SMILES string of the molecule is I[I-]I.[I][Sb+]([c]1ccccc1)([c]1ccccc1)[c]1ccccc1. The molecular formula is C18H15I4Sb. The third-order valence-electron chi connectivity index (χ3n) is 3.34. The zero-order chi connectivity index (χ0) is 16.5. The first-order valence-electron chi connectivity index (χ1n) is 6.86. The molecule has 0 N–H and O–H groups in total. The Kier molecular flexibility index (Phi) is 10.1. The van der Waals surface area contributed by atoms with Crippen molar-refractivity contribution in [3.8, 4) is 0 Å². The molecule has 0 spiro atoms. The van der Waals surface area contributed by atoms with Gasteiger partial charge in [-0.25, -0.2) is 0 Å². The van der Waals surface area contributed by atoms with Crippen LogP contribution in [0.5, 0.6) is 0 Å². The van der Waals surface area contributed by atoms with Crippen LogP contribution in [-0.4, -0.2) is 14.8 Å². The summed E-state index contributed by atoms with van der Waals surface area (Å²) in [6.45, 7) is 0. The molecule has 3 rings (SSSR count). The number of rotatable bonds is 3. The summed E-state index contributed by atoms with van der Waals surface area (Å²) in [5, 5.41) is 0. The summed E-state index contributed by atoms with van der Waals surface area (Å²) in [6, 6.07) is 33.0. The molecule has 0 nitrogen and oxygen atoms in total. The summed E-state index contributed by atoms with van der Waals surface area (Å²) in [7, 11) is 0. The van der Waals surface area contributed by atoms with E-state index in [1.807, 2.05) is 0 Å². The van der Waals surface area contributed by atoms with Gasteiger partial charge in [0.2, 0.25) is 0 Å². The number of hydrogen-bond donors (Lipinski definition) is 0. The van der Waals surface area contributed by atoms with Gasteiger partial charge in [0.1, 0.15) is 0 Å². The van der Waals surface area contributed by atoms with Gasteiger partial charge in [0.25, 0.3) is 0 Å². The maximum absolute atomic E-state index is 2.77. The Morgan fingerprint density at radius 1 is 0.522 bits per heavy atom. The number of halogens is 4. The Labute approximate surface area is 181 Å². The van der Waals surface area contributed by atoms with Crippen molar-refractivity contribution in [1.29, 1.82) is 0 Å². The fourth-order valence-electron chi connectivity index (χ4n) is 2.35. The van der Waals surface area contributed by atoms with Crippen molar-refractivity contribution >= 4 is 81.0 Å². The van der Waals surface area contributed by atoms with Gasteiger partial charge >= 0.3 is 185 Å². The molecule has 0 aliphatic carbocycles. The molecule has 0 fully saturated rings. The van der Waals surface area contributed by atoms with Crippen molar-refractivity contribution in [2.75, 3.05) is 0 Å². The second kappa shape index (κ2) is 11.2. The van der Waals surface area contributed by atoms with Crippen molar-refractivity contribution < 1.29 is 13.3 Å². The van der Waals surface area contributed by atoms with E-state index in [1.165, 1.54) is 10.5 Å². The minimum absolute atomic E-state index is 0.530.